The lowest BCUT2D eigenvalue weighted by atomic mass is 10.1. The smallest absolute Gasteiger partial charge is 0.244 e. The van der Waals surface area contributed by atoms with E-state index in [1.807, 2.05) is 62.4 Å². The van der Waals surface area contributed by atoms with E-state index in [0.717, 1.165) is 22.4 Å². The van der Waals surface area contributed by atoms with Crippen molar-refractivity contribution < 1.29 is 9.21 Å². The zero-order chi connectivity index (χ0) is 16.4. The van der Waals surface area contributed by atoms with Gasteiger partial charge in [0, 0.05) is 11.6 Å². The number of nitrogens with one attached hydrogen (secondary N) is 1. The molecule has 5 nitrogen and oxygen atoms in total. The minimum absolute atomic E-state index is 0.224. The third-order valence-electron chi connectivity index (χ3n) is 3.63. The average molecular weight is 309 g/mol. The molecule has 3 N–H and O–H groups in total. The topological polar surface area (TPSA) is 81.1 Å². The van der Waals surface area contributed by atoms with Gasteiger partial charge in [-0.25, -0.2) is 4.98 Å². The Morgan fingerprint density at radius 3 is 2.57 bits per heavy atom. The Bertz CT molecular complexity index is 825. The number of carbonyl (C=O) groups is 1. The van der Waals surface area contributed by atoms with E-state index < -0.39 is 11.9 Å². The molecule has 5 heteroatoms. The third kappa shape index (κ3) is 3.18. The van der Waals surface area contributed by atoms with Crippen LogP contribution < -0.4 is 11.1 Å². The number of rotatable bonds is 5. The van der Waals surface area contributed by atoms with Gasteiger partial charge in [0.2, 0.25) is 5.91 Å². The summed E-state index contributed by atoms with van der Waals surface area (Å²) in [6, 6.07) is 14.4. The largest absolute Gasteiger partial charge is 0.440 e. The fourth-order valence-electron chi connectivity index (χ4n) is 2.41. The monoisotopic (exact) mass is 309 g/mol. The summed E-state index contributed by atoms with van der Waals surface area (Å²) < 4.78 is 5.69. The second-order valence-electron chi connectivity index (χ2n) is 5.78. The quantitative estimate of drug-likeness (QED) is 0.754. The molecule has 3 rings (SSSR count). The fourth-order valence-corrected chi connectivity index (χ4v) is 2.41. The zero-order valence-electron chi connectivity index (χ0n) is 13.1. The van der Waals surface area contributed by atoms with Gasteiger partial charge in [0.15, 0.2) is 11.5 Å². The van der Waals surface area contributed by atoms with Gasteiger partial charge in [-0.1, -0.05) is 44.2 Å². The number of aromatic nitrogens is 1. The maximum absolute atomic E-state index is 11.8. The maximum atomic E-state index is 11.8. The molecule has 0 spiro atoms. The third-order valence-corrected chi connectivity index (χ3v) is 3.63. The number of hydrogen-bond donors (Lipinski definition) is 2. The number of nitrogens with zero attached hydrogens (tertiary/aromatic N) is 1. The second kappa shape index (κ2) is 6.12. The molecule has 0 aliphatic rings. The maximum Gasteiger partial charge on any atom is 0.244 e. The molecule has 0 saturated carbocycles. The van der Waals surface area contributed by atoms with Crippen LogP contribution in [0.2, 0.25) is 0 Å². The average Bonchev–Trinajstić information content (AvgIpc) is 2.96. The summed E-state index contributed by atoms with van der Waals surface area (Å²) in [6.45, 7) is 4.06. The molecule has 1 heterocycles. The lowest BCUT2D eigenvalue weighted by Gasteiger charge is -2.17. The van der Waals surface area contributed by atoms with Crippen LogP contribution in [-0.4, -0.2) is 10.9 Å². The number of primary amides is 1. The molecular weight excluding hydrogens is 290 g/mol. The summed E-state index contributed by atoms with van der Waals surface area (Å²) in [5.74, 6) is 0.493. The minimum Gasteiger partial charge on any atom is -0.440 e. The molecule has 1 aromatic heterocycles. The van der Waals surface area contributed by atoms with Crippen molar-refractivity contribution in [1.29, 1.82) is 0 Å². The minimum atomic E-state index is -0.592. The van der Waals surface area contributed by atoms with Crippen LogP contribution in [0.15, 0.2) is 52.9 Å². The van der Waals surface area contributed by atoms with Crippen molar-refractivity contribution in [2.45, 2.75) is 25.8 Å². The number of nitrogens with two attached hydrogens (primary N) is 1. The summed E-state index contributed by atoms with van der Waals surface area (Å²) in [5.41, 5.74) is 8.62. The molecule has 0 aliphatic heterocycles. The van der Waals surface area contributed by atoms with Crippen molar-refractivity contribution in [3.63, 3.8) is 0 Å². The van der Waals surface area contributed by atoms with Gasteiger partial charge in [-0.2, -0.15) is 0 Å². The van der Waals surface area contributed by atoms with Crippen molar-refractivity contribution in [1.82, 2.24) is 4.98 Å². The second-order valence-corrected chi connectivity index (χ2v) is 5.78. The van der Waals surface area contributed by atoms with Crippen LogP contribution in [0, 0.1) is 0 Å². The summed E-state index contributed by atoms with van der Waals surface area (Å²) in [4.78, 5) is 16.3. The molecule has 23 heavy (non-hydrogen) atoms. The Kier molecular flexibility index (Phi) is 4.02. The number of oxazole rings is 1. The molecule has 1 atom stereocenters. The van der Waals surface area contributed by atoms with Crippen LogP contribution in [-0.2, 0) is 4.79 Å². The van der Waals surface area contributed by atoms with E-state index in [-0.39, 0.29) is 5.92 Å². The number of hydrogen-bond acceptors (Lipinski definition) is 4. The Morgan fingerprint density at radius 2 is 1.91 bits per heavy atom. The molecule has 0 bridgehead atoms. The molecule has 3 aromatic rings. The molecule has 0 saturated heterocycles. The first-order valence-corrected chi connectivity index (χ1v) is 7.56. The molecular formula is C18H19N3O2. The fraction of sp³-hybridized carbons (Fsp3) is 0.222. The van der Waals surface area contributed by atoms with Gasteiger partial charge in [-0.05, 0) is 23.8 Å². The SMILES string of the molecule is CC(C)c1nc2cc(N[C@H](C(N)=O)c3ccccc3)ccc2o1. The zero-order valence-corrected chi connectivity index (χ0v) is 13.1. The van der Waals surface area contributed by atoms with Crippen molar-refractivity contribution in [3.05, 3.63) is 60.0 Å². The Morgan fingerprint density at radius 1 is 1.17 bits per heavy atom. The van der Waals surface area contributed by atoms with Crippen LogP contribution in [0.5, 0.6) is 0 Å². The van der Waals surface area contributed by atoms with Gasteiger partial charge in [-0.3, -0.25) is 4.79 Å². The van der Waals surface area contributed by atoms with Crippen LogP contribution in [0.25, 0.3) is 11.1 Å². The first-order chi connectivity index (χ1) is 11.0. The Hall–Kier alpha value is -2.82. The highest BCUT2D eigenvalue weighted by Gasteiger charge is 2.18. The number of anilines is 1. The molecule has 0 aliphatic carbocycles. The lowest BCUT2D eigenvalue weighted by molar-refractivity contribution is -0.118. The summed E-state index contributed by atoms with van der Waals surface area (Å²) in [7, 11) is 0. The Labute approximate surface area is 134 Å². The molecule has 0 fully saturated rings. The summed E-state index contributed by atoms with van der Waals surface area (Å²) >= 11 is 0. The van der Waals surface area contributed by atoms with Gasteiger partial charge < -0.3 is 15.5 Å². The van der Waals surface area contributed by atoms with Crippen molar-refractivity contribution in [2.75, 3.05) is 5.32 Å². The number of benzene rings is 2. The lowest BCUT2D eigenvalue weighted by Crippen LogP contribution is -2.27. The van der Waals surface area contributed by atoms with Crippen LogP contribution in [0.1, 0.15) is 37.3 Å². The van der Waals surface area contributed by atoms with Crippen molar-refractivity contribution in [2.24, 2.45) is 5.73 Å². The van der Waals surface area contributed by atoms with E-state index in [4.69, 9.17) is 10.2 Å². The van der Waals surface area contributed by atoms with E-state index in [2.05, 4.69) is 10.3 Å². The predicted molar refractivity (Wildman–Crippen MR) is 90.1 cm³/mol. The van der Waals surface area contributed by atoms with Crippen molar-refractivity contribution >= 4 is 22.7 Å². The molecule has 1 amide bonds. The predicted octanol–water partition coefficient (Wildman–Crippen LogP) is 3.59. The Balaban J connectivity index is 1.91. The van der Waals surface area contributed by atoms with Crippen LogP contribution >= 0.6 is 0 Å². The van der Waals surface area contributed by atoms with Gasteiger partial charge in [-0.15, -0.1) is 0 Å². The molecule has 2 aromatic carbocycles. The van der Waals surface area contributed by atoms with Gasteiger partial charge >= 0.3 is 0 Å². The first kappa shape index (κ1) is 15.1. The molecule has 0 radical (unpaired) electrons. The summed E-state index contributed by atoms with van der Waals surface area (Å²) in [6.07, 6.45) is 0. The highest BCUT2D eigenvalue weighted by molar-refractivity contribution is 5.85. The van der Waals surface area contributed by atoms with Crippen LogP contribution in [0.4, 0.5) is 5.69 Å². The molecule has 0 unspecified atom stereocenters. The number of fused-ring (bicyclic) bond motifs is 1. The number of amides is 1. The van der Waals surface area contributed by atoms with E-state index in [9.17, 15) is 4.79 Å². The van der Waals surface area contributed by atoms with Crippen LogP contribution in [0.3, 0.4) is 0 Å². The van der Waals surface area contributed by atoms with Gasteiger partial charge in [0.25, 0.3) is 0 Å². The highest BCUT2D eigenvalue weighted by atomic mass is 16.3. The first-order valence-electron chi connectivity index (χ1n) is 7.56. The highest BCUT2D eigenvalue weighted by Crippen LogP contribution is 2.26. The van der Waals surface area contributed by atoms with Gasteiger partial charge in [0.1, 0.15) is 11.6 Å². The van der Waals surface area contributed by atoms with E-state index in [1.165, 1.54) is 0 Å². The van der Waals surface area contributed by atoms with Gasteiger partial charge in [0.05, 0.1) is 0 Å². The molecule has 118 valence electrons. The van der Waals surface area contributed by atoms with E-state index in [0.29, 0.717) is 5.89 Å². The normalized spacial score (nSPS) is 12.5. The standard InChI is InChI=1S/C18H19N3O2/c1-11(2)18-21-14-10-13(8-9-15(14)23-18)20-16(17(19)22)12-6-4-3-5-7-12/h3-11,16,20H,1-2H3,(H2,19,22)/t16-/m0/s1. The number of carbonyl (C=O) groups excluding carboxylic acids is 1. The van der Waals surface area contributed by atoms with Crippen molar-refractivity contribution in [3.8, 4) is 0 Å². The van der Waals surface area contributed by atoms with E-state index >= 15 is 0 Å². The summed E-state index contributed by atoms with van der Waals surface area (Å²) in [5, 5.41) is 3.17. The van der Waals surface area contributed by atoms with E-state index in [1.54, 1.807) is 0 Å².